The van der Waals surface area contributed by atoms with Crippen molar-refractivity contribution in [1.82, 2.24) is 4.98 Å². The third kappa shape index (κ3) is 4.75. The molecule has 4 aromatic rings. The lowest BCUT2D eigenvalue weighted by Gasteiger charge is -2.20. The average molecular weight is 459 g/mol. The van der Waals surface area contributed by atoms with Gasteiger partial charge in [-0.3, -0.25) is 9.69 Å². The van der Waals surface area contributed by atoms with Gasteiger partial charge in [-0.15, -0.1) is 11.8 Å². The van der Waals surface area contributed by atoms with E-state index in [9.17, 15) is 18.0 Å². The number of rotatable bonds is 5. The first-order valence-electron chi connectivity index (χ1n) is 9.33. The highest BCUT2D eigenvalue weighted by atomic mass is 32.2. The monoisotopic (exact) mass is 458 g/mol. The first kappa shape index (κ1) is 21.4. The van der Waals surface area contributed by atoms with Gasteiger partial charge in [0, 0.05) is 10.5 Å². The second kappa shape index (κ2) is 8.72. The fraction of sp³-hybridized carbons (Fsp3) is 0.130. The van der Waals surface area contributed by atoms with Gasteiger partial charge in [0.25, 0.3) is 5.91 Å². The topological polar surface area (TPSA) is 33.2 Å². The van der Waals surface area contributed by atoms with Crippen molar-refractivity contribution >= 4 is 44.4 Å². The molecule has 158 valence electrons. The Bertz CT molecular complexity index is 1220. The summed E-state index contributed by atoms with van der Waals surface area (Å²) in [6, 6.07) is 19.6. The van der Waals surface area contributed by atoms with E-state index in [1.807, 2.05) is 54.8 Å². The van der Waals surface area contributed by atoms with Gasteiger partial charge < -0.3 is 0 Å². The average Bonchev–Trinajstić information content (AvgIpc) is 3.20. The van der Waals surface area contributed by atoms with Crippen LogP contribution in [-0.4, -0.2) is 17.1 Å². The number of thioether (sulfide) groups is 1. The Morgan fingerprint density at radius 2 is 1.81 bits per heavy atom. The van der Waals surface area contributed by atoms with Crippen molar-refractivity contribution in [3.63, 3.8) is 0 Å². The van der Waals surface area contributed by atoms with Crippen LogP contribution in [0.25, 0.3) is 10.2 Å². The molecule has 0 spiro atoms. The number of hydrogen-bond donors (Lipinski definition) is 0. The summed E-state index contributed by atoms with van der Waals surface area (Å²) in [4.78, 5) is 20.5. The first-order valence-corrected chi connectivity index (χ1v) is 11.4. The molecule has 0 saturated carbocycles. The molecule has 4 rings (SSSR count). The molecular weight excluding hydrogens is 441 g/mol. The van der Waals surface area contributed by atoms with Gasteiger partial charge in [0.2, 0.25) is 0 Å². The van der Waals surface area contributed by atoms with Crippen molar-refractivity contribution in [2.45, 2.75) is 17.6 Å². The van der Waals surface area contributed by atoms with Gasteiger partial charge in [-0.05, 0) is 48.2 Å². The molecule has 8 heteroatoms. The number of anilines is 1. The first-order chi connectivity index (χ1) is 14.8. The minimum atomic E-state index is -4.52. The third-order valence-corrected chi connectivity index (χ3v) is 6.45. The van der Waals surface area contributed by atoms with Crippen LogP contribution in [0.4, 0.5) is 18.3 Å². The van der Waals surface area contributed by atoms with Crippen LogP contribution in [0.1, 0.15) is 21.5 Å². The van der Waals surface area contributed by atoms with Crippen LogP contribution >= 0.6 is 23.1 Å². The summed E-state index contributed by atoms with van der Waals surface area (Å²) >= 11 is 2.95. The standard InChI is InChI=1S/C23H17F3N2OS2/c1-30-18-10-11-19-20(13-18)31-22(27-19)28(14-15-6-3-2-4-7-15)21(29)16-8-5-9-17(12-16)23(24,25)26/h2-13H,14H2,1H3. The van der Waals surface area contributed by atoms with E-state index in [2.05, 4.69) is 4.98 Å². The van der Waals surface area contributed by atoms with Crippen molar-refractivity contribution in [2.75, 3.05) is 11.2 Å². The van der Waals surface area contributed by atoms with Crippen LogP contribution in [0.2, 0.25) is 0 Å². The Hall–Kier alpha value is -2.84. The van der Waals surface area contributed by atoms with Crippen molar-refractivity contribution in [2.24, 2.45) is 0 Å². The highest BCUT2D eigenvalue weighted by Gasteiger charge is 2.32. The zero-order valence-corrected chi connectivity index (χ0v) is 18.0. The molecule has 0 aliphatic rings. The molecule has 31 heavy (non-hydrogen) atoms. The zero-order valence-electron chi connectivity index (χ0n) is 16.4. The van der Waals surface area contributed by atoms with Crippen molar-refractivity contribution < 1.29 is 18.0 Å². The number of alkyl halides is 3. The van der Waals surface area contributed by atoms with Gasteiger partial charge in [0.1, 0.15) is 0 Å². The number of carbonyl (C=O) groups excluding carboxylic acids is 1. The molecule has 0 aliphatic heterocycles. The van der Waals surface area contributed by atoms with E-state index in [1.165, 1.54) is 28.4 Å². The molecule has 1 heterocycles. The highest BCUT2D eigenvalue weighted by molar-refractivity contribution is 7.98. The molecule has 0 N–H and O–H groups in total. The number of amides is 1. The molecule has 3 nitrogen and oxygen atoms in total. The number of carbonyl (C=O) groups is 1. The molecule has 0 unspecified atom stereocenters. The number of hydrogen-bond acceptors (Lipinski definition) is 4. The SMILES string of the molecule is CSc1ccc2nc(N(Cc3ccccc3)C(=O)c3cccc(C(F)(F)F)c3)sc2c1. The highest BCUT2D eigenvalue weighted by Crippen LogP contribution is 2.34. The van der Waals surface area contributed by atoms with E-state index < -0.39 is 17.6 Å². The number of aromatic nitrogens is 1. The van der Waals surface area contributed by atoms with Crippen LogP contribution < -0.4 is 4.90 Å². The molecule has 1 aromatic heterocycles. The molecule has 1 amide bonds. The van der Waals surface area contributed by atoms with Crippen LogP contribution in [-0.2, 0) is 12.7 Å². The van der Waals surface area contributed by atoms with E-state index in [-0.39, 0.29) is 12.1 Å². The zero-order chi connectivity index (χ0) is 22.0. The summed E-state index contributed by atoms with van der Waals surface area (Å²) in [7, 11) is 0. The summed E-state index contributed by atoms with van der Waals surface area (Å²) in [5.74, 6) is -0.529. The summed E-state index contributed by atoms with van der Waals surface area (Å²) in [6.07, 6.45) is -2.55. The van der Waals surface area contributed by atoms with E-state index >= 15 is 0 Å². The maximum absolute atomic E-state index is 13.3. The predicted molar refractivity (Wildman–Crippen MR) is 120 cm³/mol. The fourth-order valence-corrected chi connectivity index (χ4v) is 4.63. The van der Waals surface area contributed by atoms with Crippen LogP contribution in [0.5, 0.6) is 0 Å². The van der Waals surface area contributed by atoms with Gasteiger partial charge in [-0.1, -0.05) is 47.7 Å². The van der Waals surface area contributed by atoms with E-state index in [1.54, 1.807) is 11.8 Å². The normalized spacial score (nSPS) is 11.6. The number of fused-ring (bicyclic) bond motifs is 1. The quantitative estimate of drug-likeness (QED) is 0.306. The largest absolute Gasteiger partial charge is 0.416 e. The van der Waals surface area contributed by atoms with Crippen molar-refractivity contribution in [3.8, 4) is 0 Å². The van der Waals surface area contributed by atoms with Crippen LogP contribution in [0.15, 0.2) is 77.7 Å². The number of halogens is 3. The summed E-state index contributed by atoms with van der Waals surface area (Å²) in [5.41, 5.74) is 0.710. The Morgan fingerprint density at radius 1 is 1.03 bits per heavy atom. The van der Waals surface area contributed by atoms with Gasteiger partial charge in [-0.2, -0.15) is 13.2 Å². The van der Waals surface area contributed by atoms with Gasteiger partial charge >= 0.3 is 6.18 Å². The lowest BCUT2D eigenvalue weighted by atomic mass is 10.1. The summed E-state index contributed by atoms with van der Waals surface area (Å²) < 4.78 is 40.4. The maximum atomic E-state index is 13.3. The smallest absolute Gasteiger partial charge is 0.279 e. The minimum Gasteiger partial charge on any atom is -0.279 e. The van der Waals surface area contributed by atoms with E-state index in [0.29, 0.717) is 5.13 Å². The molecule has 0 atom stereocenters. The Morgan fingerprint density at radius 3 is 2.52 bits per heavy atom. The molecule has 0 fully saturated rings. The Balaban J connectivity index is 1.77. The number of thiazole rings is 1. The lowest BCUT2D eigenvalue weighted by molar-refractivity contribution is -0.137. The van der Waals surface area contributed by atoms with Crippen molar-refractivity contribution in [1.29, 1.82) is 0 Å². The number of nitrogens with zero attached hydrogens (tertiary/aromatic N) is 2. The van der Waals surface area contributed by atoms with Gasteiger partial charge in [0.15, 0.2) is 5.13 Å². The van der Waals surface area contributed by atoms with E-state index in [0.717, 1.165) is 32.8 Å². The fourth-order valence-electron chi connectivity index (χ4n) is 3.11. The van der Waals surface area contributed by atoms with Gasteiger partial charge in [-0.25, -0.2) is 4.98 Å². The molecule has 0 bridgehead atoms. The summed E-state index contributed by atoms with van der Waals surface area (Å²) in [6.45, 7) is 0.200. The summed E-state index contributed by atoms with van der Waals surface area (Å²) in [5, 5.41) is 0.444. The molecule has 0 radical (unpaired) electrons. The van der Waals surface area contributed by atoms with Gasteiger partial charge in [0.05, 0.1) is 22.3 Å². The Labute approximate surface area is 185 Å². The van der Waals surface area contributed by atoms with Crippen molar-refractivity contribution in [3.05, 3.63) is 89.5 Å². The van der Waals surface area contributed by atoms with E-state index in [4.69, 9.17) is 0 Å². The van der Waals surface area contributed by atoms with Crippen LogP contribution in [0, 0.1) is 0 Å². The molecule has 0 saturated heterocycles. The second-order valence-corrected chi connectivity index (χ2v) is 8.67. The second-order valence-electron chi connectivity index (χ2n) is 6.79. The maximum Gasteiger partial charge on any atom is 0.416 e. The predicted octanol–water partition coefficient (Wildman–Crippen LogP) is 6.88. The molecule has 0 aliphatic carbocycles. The number of benzene rings is 3. The Kier molecular flexibility index (Phi) is 6.02. The minimum absolute atomic E-state index is 0.0326. The molecule has 3 aromatic carbocycles. The third-order valence-electron chi connectivity index (χ3n) is 4.68. The molecular formula is C23H17F3N2OS2. The lowest BCUT2D eigenvalue weighted by Crippen LogP contribution is -2.30. The van der Waals surface area contributed by atoms with Crippen LogP contribution in [0.3, 0.4) is 0 Å².